The first kappa shape index (κ1) is 52.1. The average molecular weight is 933 g/mol. The van der Waals surface area contributed by atoms with Crippen LogP contribution in [0.15, 0.2) is 72.1 Å². The smallest absolute Gasteiger partial charge is 0.326 e. The normalized spacial score (nSPS) is 16.0. The molecule has 6 amide bonds. The Balaban J connectivity index is 1.55. The number of benzene rings is 2. The van der Waals surface area contributed by atoms with Crippen LogP contribution in [-0.4, -0.2) is 139 Å². The maximum Gasteiger partial charge on any atom is 0.326 e. The fraction of sp³-hybridized carbons (Fsp3) is 0.455. The number of nitrogens with zero attached hydrogens (tertiary/aromatic N) is 3. The molecule has 0 aliphatic carbocycles. The molecule has 362 valence electrons. The molecule has 1 saturated heterocycles. The number of carboxylic acids is 2. The number of aromatic hydroxyl groups is 1. The molecular weight excluding hydrogens is 873 g/mol. The van der Waals surface area contributed by atoms with Crippen molar-refractivity contribution in [3.05, 3.63) is 83.9 Å². The maximum absolute atomic E-state index is 14.3. The molecule has 0 saturated carbocycles. The number of guanidine groups is 1. The number of rotatable bonds is 25. The highest BCUT2D eigenvalue weighted by Gasteiger charge is 2.40. The van der Waals surface area contributed by atoms with Gasteiger partial charge in [-0.3, -0.25) is 38.6 Å². The SMILES string of the molecule is CC(C)[C@H](NC(=O)[C@@H](N)CCCN=C(N)N)C(=O)N[C@@H](Cc1ccc(O)cc1)C(=O)N[C@@H](CC(=O)O)C(=O)N[C@@H](Cc1cnc[nH]1)C(=O)N1CCC[C@H]1C(=O)N[C@@H](Cc1ccccc1)C(=O)O. The number of phenolic OH excluding ortho intramolecular Hbond substituents is 1. The molecule has 2 aromatic carbocycles. The number of hydrogen-bond donors (Lipinski definition) is 12. The Labute approximate surface area is 386 Å². The Morgan fingerprint density at radius 3 is 2.03 bits per heavy atom. The summed E-state index contributed by atoms with van der Waals surface area (Å²) in [6, 6.07) is 4.86. The first-order valence-electron chi connectivity index (χ1n) is 21.7. The van der Waals surface area contributed by atoms with Crippen molar-refractivity contribution in [2.45, 2.75) is 108 Å². The van der Waals surface area contributed by atoms with Crippen molar-refractivity contribution in [2.24, 2.45) is 28.1 Å². The lowest BCUT2D eigenvalue weighted by Crippen LogP contribution is -2.61. The summed E-state index contributed by atoms with van der Waals surface area (Å²) in [5, 5.41) is 42.4. The van der Waals surface area contributed by atoms with E-state index in [0.717, 1.165) is 0 Å². The number of carbonyl (C=O) groups is 8. The van der Waals surface area contributed by atoms with Crippen molar-refractivity contribution in [2.75, 3.05) is 13.1 Å². The summed E-state index contributed by atoms with van der Waals surface area (Å²) >= 11 is 0. The molecule has 7 atom stereocenters. The second-order valence-corrected chi connectivity index (χ2v) is 16.5. The fourth-order valence-electron chi connectivity index (χ4n) is 7.35. The lowest BCUT2D eigenvalue weighted by molar-refractivity contribution is -0.145. The second-order valence-electron chi connectivity index (χ2n) is 16.5. The van der Waals surface area contributed by atoms with E-state index in [1.807, 2.05) is 0 Å². The lowest BCUT2D eigenvalue weighted by Gasteiger charge is -2.30. The zero-order chi connectivity index (χ0) is 49.2. The van der Waals surface area contributed by atoms with Crippen LogP contribution in [-0.2, 0) is 57.6 Å². The molecule has 23 heteroatoms. The number of nitrogens with two attached hydrogens (primary N) is 3. The van der Waals surface area contributed by atoms with Gasteiger partial charge < -0.3 is 69.0 Å². The van der Waals surface area contributed by atoms with Crippen LogP contribution >= 0.6 is 0 Å². The summed E-state index contributed by atoms with van der Waals surface area (Å²) in [4.78, 5) is 119. The Morgan fingerprint density at radius 1 is 0.791 bits per heavy atom. The Hall–Kier alpha value is -7.56. The molecule has 1 aromatic heterocycles. The van der Waals surface area contributed by atoms with Gasteiger partial charge in [-0.1, -0.05) is 56.3 Å². The number of hydrogen-bond acceptors (Lipinski definition) is 12. The van der Waals surface area contributed by atoms with Crippen LogP contribution in [0.3, 0.4) is 0 Å². The Bertz CT molecular complexity index is 2200. The van der Waals surface area contributed by atoms with Gasteiger partial charge in [0.15, 0.2) is 5.96 Å². The second kappa shape index (κ2) is 25.2. The van der Waals surface area contributed by atoms with Gasteiger partial charge in [0.25, 0.3) is 0 Å². The topological polar surface area (TPSA) is 380 Å². The quantitative estimate of drug-likeness (QED) is 0.0252. The summed E-state index contributed by atoms with van der Waals surface area (Å²) in [7, 11) is 0. The molecule has 0 spiro atoms. The number of aliphatic imine (C=N–C) groups is 1. The summed E-state index contributed by atoms with van der Waals surface area (Å²) in [5.74, 6) is -8.57. The van der Waals surface area contributed by atoms with Crippen LogP contribution in [0, 0.1) is 5.92 Å². The third kappa shape index (κ3) is 16.4. The average Bonchev–Trinajstić information content (AvgIpc) is 3.99. The predicted molar refractivity (Wildman–Crippen MR) is 241 cm³/mol. The van der Waals surface area contributed by atoms with Crippen molar-refractivity contribution < 1.29 is 53.7 Å². The molecule has 0 unspecified atom stereocenters. The minimum atomic E-state index is -1.83. The molecule has 0 radical (unpaired) electrons. The number of nitrogens with one attached hydrogen (secondary N) is 6. The van der Waals surface area contributed by atoms with E-state index in [-0.39, 0.29) is 56.9 Å². The van der Waals surface area contributed by atoms with Gasteiger partial charge >= 0.3 is 11.9 Å². The highest BCUT2D eigenvalue weighted by atomic mass is 16.4. The summed E-state index contributed by atoms with van der Waals surface area (Å²) < 4.78 is 0. The standard InChI is InChI=1S/C44H60N12O11/c1-24(2)36(55-37(60)29(45)10-6-16-49-44(46)47)41(64)52-30(18-26-12-14-28(57)15-13-26)38(61)51-31(21-35(58)59)39(62)53-32(20-27-22-48-23-50-27)42(65)56-17-7-11-34(56)40(63)54-33(43(66)67)19-25-8-4-3-5-9-25/h3-5,8-9,12-15,22-24,29-34,36,57H,6-7,10-11,16-21,45H2,1-2H3,(H,48,50)(H,51,61)(H,52,64)(H,53,62)(H,54,63)(H,55,60)(H,58,59)(H,66,67)(H4,46,47,49)/t29-,30-,31-,32-,33-,34-,36-/m0/s1. The van der Waals surface area contributed by atoms with Crippen molar-refractivity contribution in [3.63, 3.8) is 0 Å². The van der Waals surface area contributed by atoms with Crippen molar-refractivity contribution in [1.82, 2.24) is 41.5 Å². The highest BCUT2D eigenvalue weighted by molar-refractivity contribution is 5.98. The van der Waals surface area contributed by atoms with Crippen LogP contribution in [0.25, 0.3) is 0 Å². The van der Waals surface area contributed by atoms with E-state index < -0.39 is 102 Å². The van der Waals surface area contributed by atoms with E-state index in [9.17, 15) is 53.7 Å². The summed E-state index contributed by atoms with van der Waals surface area (Å²) in [5.41, 5.74) is 18.2. The summed E-state index contributed by atoms with van der Waals surface area (Å²) in [6.45, 7) is 3.58. The Morgan fingerprint density at radius 2 is 1.42 bits per heavy atom. The first-order valence-corrected chi connectivity index (χ1v) is 21.7. The van der Waals surface area contributed by atoms with E-state index in [2.05, 4.69) is 41.5 Å². The number of carbonyl (C=O) groups excluding carboxylic acids is 6. The molecule has 23 nitrogen and oxygen atoms in total. The zero-order valence-electron chi connectivity index (χ0n) is 37.2. The van der Waals surface area contributed by atoms with Crippen LogP contribution in [0.4, 0.5) is 0 Å². The van der Waals surface area contributed by atoms with Crippen LogP contribution in [0.1, 0.15) is 62.8 Å². The van der Waals surface area contributed by atoms with Crippen LogP contribution in [0.2, 0.25) is 0 Å². The Kier molecular flexibility index (Phi) is 19.6. The lowest BCUT2D eigenvalue weighted by atomic mass is 9.99. The highest BCUT2D eigenvalue weighted by Crippen LogP contribution is 2.21. The predicted octanol–water partition coefficient (Wildman–Crippen LogP) is -1.85. The van der Waals surface area contributed by atoms with Gasteiger partial charge in [0.2, 0.25) is 35.4 Å². The van der Waals surface area contributed by atoms with E-state index in [4.69, 9.17) is 17.2 Å². The molecule has 4 rings (SSSR count). The molecule has 1 fully saturated rings. The van der Waals surface area contributed by atoms with Crippen LogP contribution in [0.5, 0.6) is 5.75 Å². The van der Waals surface area contributed by atoms with Gasteiger partial charge in [0, 0.05) is 44.2 Å². The van der Waals surface area contributed by atoms with Gasteiger partial charge in [0.1, 0.15) is 42.0 Å². The molecule has 2 heterocycles. The molecule has 15 N–H and O–H groups in total. The monoisotopic (exact) mass is 932 g/mol. The van der Waals surface area contributed by atoms with Crippen molar-refractivity contribution >= 4 is 53.3 Å². The minimum Gasteiger partial charge on any atom is -0.508 e. The first-order chi connectivity index (χ1) is 31.8. The minimum absolute atomic E-state index is 0.0233. The zero-order valence-corrected chi connectivity index (χ0v) is 37.2. The van der Waals surface area contributed by atoms with Gasteiger partial charge in [0.05, 0.1) is 18.8 Å². The third-order valence-corrected chi connectivity index (χ3v) is 10.9. The number of H-pyrrole nitrogens is 1. The molecular formula is C44H60N12O11. The number of carboxylic acid groups (broad SMARTS) is 2. The molecule has 3 aromatic rings. The number of imidazole rings is 1. The van der Waals surface area contributed by atoms with Crippen molar-refractivity contribution in [1.29, 1.82) is 0 Å². The van der Waals surface area contributed by atoms with Crippen molar-refractivity contribution in [3.8, 4) is 5.75 Å². The summed E-state index contributed by atoms with van der Waals surface area (Å²) in [6.07, 6.45) is 2.39. The van der Waals surface area contributed by atoms with E-state index in [0.29, 0.717) is 29.7 Å². The molecule has 1 aliphatic rings. The van der Waals surface area contributed by atoms with E-state index >= 15 is 0 Å². The maximum atomic E-state index is 14.3. The third-order valence-electron chi connectivity index (χ3n) is 10.9. The molecule has 1 aliphatic heterocycles. The molecule has 0 bridgehead atoms. The van der Waals surface area contributed by atoms with E-state index in [1.54, 1.807) is 44.2 Å². The number of aromatic amines is 1. The van der Waals surface area contributed by atoms with Crippen LogP contribution < -0.4 is 43.8 Å². The van der Waals surface area contributed by atoms with Gasteiger partial charge in [-0.2, -0.15) is 0 Å². The number of likely N-dealkylation sites (tertiary alicyclic amines) is 1. The van der Waals surface area contributed by atoms with Gasteiger partial charge in [-0.25, -0.2) is 9.78 Å². The number of aliphatic carboxylic acids is 2. The number of amides is 6. The van der Waals surface area contributed by atoms with Gasteiger partial charge in [-0.05, 0) is 54.9 Å². The van der Waals surface area contributed by atoms with Gasteiger partial charge in [-0.15, -0.1) is 0 Å². The van der Waals surface area contributed by atoms with E-state index in [1.165, 1.54) is 41.7 Å². The largest absolute Gasteiger partial charge is 0.508 e. The number of phenols is 1. The molecule has 67 heavy (non-hydrogen) atoms. The number of aromatic nitrogens is 2. The fourth-order valence-corrected chi connectivity index (χ4v) is 7.35.